The Morgan fingerprint density at radius 1 is 1.44 bits per heavy atom. The van der Waals surface area contributed by atoms with E-state index in [0.717, 1.165) is 18.4 Å². The van der Waals surface area contributed by atoms with Crippen LogP contribution in [-0.2, 0) is 15.8 Å². The number of nitrogens with two attached hydrogens (primary N) is 1. The Labute approximate surface area is 109 Å². The molecule has 1 fully saturated rings. The van der Waals surface area contributed by atoms with E-state index in [-0.39, 0.29) is 11.8 Å². The van der Waals surface area contributed by atoms with E-state index in [9.17, 15) is 8.42 Å². The van der Waals surface area contributed by atoms with E-state index in [1.54, 1.807) is 24.3 Å². The van der Waals surface area contributed by atoms with Crippen molar-refractivity contribution in [3.8, 4) is 0 Å². The Morgan fingerprint density at radius 2 is 2.17 bits per heavy atom. The van der Waals surface area contributed by atoms with E-state index < -0.39 is 10.0 Å². The first-order valence-corrected chi connectivity index (χ1v) is 7.96. The third-order valence-corrected chi connectivity index (χ3v) is 4.97. The molecule has 0 saturated heterocycles. The zero-order chi connectivity index (χ0) is 13.2. The topological polar surface area (TPSA) is 72.2 Å². The molecule has 100 valence electrons. The Bertz CT molecular complexity index is 509. The lowest BCUT2D eigenvalue weighted by Crippen LogP contribution is -2.41. The van der Waals surface area contributed by atoms with Crippen LogP contribution in [-0.4, -0.2) is 14.5 Å². The molecule has 0 amide bonds. The molecular formula is C13H20N2O2S. The van der Waals surface area contributed by atoms with Crippen molar-refractivity contribution in [1.29, 1.82) is 0 Å². The van der Waals surface area contributed by atoms with E-state index in [4.69, 9.17) is 5.73 Å². The van der Waals surface area contributed by atoms with Gasteiger partial charge in [-0.1, -0.05) is 18.6 Å². The van der Waals surface area contributed by atoms with Crippen molar-refractivity contribution in [1.82, 2.24) is 4.72 Å². The first kappa shape index (κ1) is 13.4. The summed E-state index contributed by atoms with van der Waals surface area (Å²) < 4.78 is 26.8. The van der Waals surface area contributed by atoms with E-state index in [1.807, 2.05) is 6.92 Å². The molecule has 0 heterocycles. The second-order valence-electron chi connectivity index (χ2n) is 5.10. The van der Waals surface area contributed by atoms with Gasteiger partial charge in [-0.25, -0.2) is 13.1 Å². The van der Waals surface area contributed by atoms with Gasteiger partial charge in [0, 0.05) is 11.7 Å². The summed E-state index contributed by atoms with van der Waals surface area (Å²) in [6, 6.07) is 7.04. The van der Waals surface area contributed by atoms with Crippen LogP contribution in [0.4, 0.5) is 5.69 Å². The Morgan fingerprint density at radius 3 is 2.72 bits per heavy atom. The molecule has 1 aliphatic rings. The Balaban J connectivity index is 1.98. The maximum atomic E-state index is 12.0. The molecule has 1 unspecified atom stereocenters. The lowest BCUT2D eigenvalue weighted by Gasteiger charge is -2.31. The average molecular weight is 268 g/mol. The summed E-state index contributed by atoms with van der Waals surface area (Å²) in [5, 5.41) is 0. The second-order valence-corrected chi connectivity index (χ2v) is 6.86. The highest BCUT2D eigenvalue weighted by atomic mass is 32.2. The molecule has 2 rings (SSSR count). The number of hydrogen-bond acceptors (Lipinski definition) is 3. The van der Waals surface area contributed by atoms with Crippen LogP contribution in [0.2, 0.25) is 0 Å². The SMILES string of the molecule is CC(NS(=O)(=O)Cc1cccc(N)c1)C1CCC1. The average Bonchev–Trinajstić information content (AvgIpc) is 2.11. The van der Waals surface area contributed by atoms with Crippen LogP contribution in [0.1, 0.15) is 31.7 Å². The summed E-state index contributed by atoms with van der Waals surface area (Å²) in [6.07, 6.45) is 3.47. The highest BCUT2D eigenvalue weighted by molar-refractivity contribution is 7.88. The molecule has 0 bridgehead atoms. The predicted molar refractivity (Wildman–Crippen MR) is 73.4 cm³/mol. The molecule has 0 aliphatic heterocycles. The van der Waals surface area contributed by atoms with Crippen LogP contribution in [0, 0.1) is 5.92 Å². The van der Waals surface area contributed by atoms with Crippen LogP contribution >= 0.6 is 0 Å². The van der Waals surface area contributed by atoms with Crippen LogP contribution in [0.15, 0.2) is 24.3 Å². The van der Waals surface area contributed by atoms with E-state index in [2.05, 4.69) is 4.72 Å². The van der Waals surface area contributed by atoms with Crippen LogP contribution in [0.3, 0.4) is 0 Å². The van der Waals surface area contributed by atoms with Crippen molar-refractivity contribution in [3.05, 3.63) is 29.8 Å². The van der Waals surface area contributed by atoms with Crippen molar-refractivity contribution < 1.29 is 8.42 Å². The quantitative estimate of drug-likeness (QED) is 0.801. The van der Waals surface area contributed by atoms with Crippen molar-refractivity contribution in [2.24, 2.45) is 5.92 Å². The normalized spacial score (nSPS) is 18.3. The van der Waals surface area contributed by atoms with Crippen molar-refractivity contribution in [2.75, 3.05) is 5.73 Å². The summed E-state index contributed by atoms with van der Waals surface area (Å²) in [4.78, 5) is 0. The number of nitrogen functional groups attached to an aromatic ring is 1. The molecule has 1 saturated carbocycles. The van der Waals surface area contributed by atoms with Gasteiger partial charge in [-0.2, -0.15) is 0 Å². The van der Waals surface area contributed by atoms with Gasteiger partial charge in [-0.3, -0.25) is 0 Å². The van der Waals surface area contributed by atoms with Crippen LogP contribution in [0.25, 0.3) is 0 Å². The van der Waals surface area contributed by atoms with Gasteiger partial charge in [-0.15, -0.1) is 0 Å². The third-order valence-electron chi connectivity index (χ3n) is 3.53. The third kappa shape index (κ3) is 3.46. The Hall–Kier alpha value is -1.07. The molecule has 5 heteroatoms. The molecule has 0 spiro atoms. The summed E-state index contributed by atoms with van der Waals surface area (Å²) in [5.41, 5.74) is 6.96. The number of nitrogens with one attached hydrogen (secondary N) is 1. The minimum absolute atomic E-state index is 0.00486. The number of anilines is 1. The molecule has 18 heavy (non-hydrogen) atoms. The number of sulfonamides is 1. The summed E-state index contributed by atoms with van der Waals surface area (Å²) >= 11 is 0. The first-order valence-electron chi connectivity index (χ1n) is 6.31. The minimum atomic E-state index is -3.28. The van der Waals surface area contributed by atoms with Crippen molar-refractivity contribution in [3.63, 3.8) is 0 Å². The van der Waals surface area contributed by atoms with Gasteiger partial charge >= 0.3 is 0 Å². The van der Waals surface area contributed by atoms with Gasteiger partial charge in [0.05, 0.1) is 5.75 Å². The van der Waals surface area contributed by atoms with Gasteiger partial charge in [0.15, 0.2) is 0 Å². The number of hydrogen-bond donors (Lipinski definition) is 2. The summed E-state index contributed by atoms with van der Waals surface area (Å²) in [7, 11) is -3.28. The standard InChI is InChI=1S/C13H20N2O2S/c1-10(12-5-3-6-12)15-18(16,17)9-11-4-2-7-13(14)8-11/h2,4,7-8,10,12,15H,3,5-6,9,14H2,1H3. The molecule has 4 nitrogen and oxygen atoms in total. The fourth-order valence-corrected chi connectivity index (χ4v) is 3.72. The number of rotatable bonds is 5. The highest BCUT2D eigenvalue weighted by Gasteiger charge is 2.27. The zero-order valence-electron chi connectivity index (χ0n) is 10.6. The van der Waals surface area contributed by atoms with Gasteiger partial charge in [0.1, 0.15) is 0 Å². The molecule has 1 aromatic carbocycles. The minimum Gasteiger partial charge on any atom is -0.399 e. The summed E-state index contributed by atoms with van der Waals surface area (Å²) in [5.74, 6) is 0.496. The molecule has 0 radical (unpaired) electrons. The second kappa shape index (κ2) is 5.28. The van der Waals surface area contributed by atoms with Crippen LogP contribution < -0.4 is 10.5 Å². The Kier molecular flexibility index (Phi) is 3.92. The fourth-order valence-electron chi connectivity index (χ4n) is 2.26. The highest BCUT2D eigenvalue weighted by Crippen LogP contribution is 2.29. The van der Waals surface area contributed by atoms with Gasteiger partial charge in [0.25, 0.3) is 0 Å². The predicted octanol–water partition coefficient (Wildman–Crippen LogP) is 1.88. The largest absolute Gasteiger partial charge is 0.399 e. The smallest absolute Gasteiger partial charge is 0.216 e. The molecule has 1 aliphatic carbocycles. The first-order chi connectivity index (χ1) is 8.46. The lowest BCUT2D eigenvalue weighted by atomic mass is 9.81. The molecule has 1 atom stereocenters. The maximum absolute atomic E-state index is 12.0. The van der Waals surface area contributed by atoms with E-state index in [1.165, 1.54) is 6.42 Å². The fraction of sp³-hybridized carbons (Fsp3) is 0.538. The number of benzene rings is 1. The van der Waals surface area contributed by atoms with E-state index >= 15 is 0 Å². The van der Waals surface area contributed by atoms with Crippen molar-refractivity contribution in [2.45, 2.75) is 38.0 Å². The zero-order valence-corrected chi connectivity index (χ0v) is 11.4. The monoisotopic (exact) mass is 268 g/mol. The molecule has 3 N–H and O–H groups in total. The van der Waals surface area contributed by atoms with Gasteiger partial charge in [0.2, 0.25) is 10.0 Å². The molecule has 1 aromatic rings. The lowest BCUT2D eigenvalue weighted by molar-refractivity contribution is 0.260. The van der Waals surface area contributed by atoms with Gasteiger partial charge in [-0.05, 0) is 43.4 Å². The van der Waals surface area contributed by atoms with Crippen molar-refractivity contribution >= 4 is 15.7 Å². The summed E-state index contributed by atoms with van der Waals surface area (Å²) in [6.45, 7) is 1.95. The molecular weight excluding hydrogens is 248 g/mol. The van der Waals surface area contributed by atoms with Gasteiger partial charge < -0.3 is 5.73 Å². The van der Waals surface area contributed by atoms with E-state index in [0.29, 0.717) is 11.6 Å². The maximum Gasteiger partial charge on any atom is 0.216 e. The van der Waals surface area contributed by atoms with Crippen LogP contribution in [0.5, 0.6) is 0 Å². The molecule has 0 aromatic heterocycles.